The summed E-state index contributed by atoms with van der Waals surface area (Å²) in [5.41, 5.74) is 1.92. The topological polar surface area (TPSA) is 58.4 Å². The van der Waals surface area contributed by atoms with Gasteiger partial charge in [-0.25, -0.2) is 0 Å². The first kappa shape index (κ1) is 13.4. The molecule has 2 fully saturated rings. The molecule has 2 heterocycles. The van der Waals surface area contributed by atoms with Gasteiger partial charge in [0.25, 0.3) is 5.69 Å². The van der Waals surface area contributed by atoms with Crippen molar-refractivity contribution < 1.29 is 4.92 Å². The first-order valence-electron chi connectivity index (χ1n) is 7.41. The molecule has 0 spiro atoms. The van der Waals surface area contributed by atoms with E-state index < -0.39 is 0 Å². The Hall–Kier alpha value is -1.62. The van der Waals surface area contributed by atoms with Crippen LogP contribution in [0.4, 0.5) is 11.4 Å². The number of nitrogens with one attached hydrogen (secondary N) is 1. The van der Waals surface area contributed by atoms with Crippen molar-refractivity contribution in [1.82, 2.24) is 4.90 Å². The third-order valence-corrected chi connectivity index (χ3v) is 4.60. The third kappa shape index (κ3) is 2.50. The summed E-state index contributed by atoms with van der Waals surface area (Å²) in [6.07, 6.45) is 5.07. The standard InChI is InChI=1S/C15H21N3O2/c1-11-10-12(5-6-14(11)18(19)20)16-13-7-9-17-8-3-2-4-15(13)17/h5-6,10,13,15-16H,2-4,7-9H2,1H3. The van der Waals surface area contributed by atoms with Crippen molar-refractivity contribution in [3.8, 4) is 0 Å². The molecular formula is C15H21N3O2. The average molecular weight is 275 g/mol. The van der Waals surface area contributed by atoms with Gasteiger partial charge in [0.2, 0.25) is 0 Å². The summed E-state index contributed by atoms with van der Waals surface area (Å²) >= 11 is 0. The van der Waals surface area contributed by atoms with E-state index in [-0.39, 0.29) is 10.6 Å². The van der Waals surface area contributed by atoms with Crippen LogP contribution in [0.3, 0.4) is 0 Å². The van der Waals surface area contributed by atoms with Gasteiger partial charge in [-0.2, -0.15) is 0 Å². The summed E-state index contributed by atoms with van der Waals surface area (Å²) in [5, 5.41) is 14.4. The number of aryl methyl sites for hydroxylation is 1. The zero-order valence-corrected chi connectivity index (χ0v) is 11.8. The van der Waals surface area contributed by atoms with Crippen molar-refractivity contribution in [1.29, 1.82) is 0 Å². The van der Waals surface area contributed by atoms with Gasteiger partial charge in [-0.15, -0.1) is 0 Å². The van der Waals surface area contributed by atoms with Crippen LogP contribution in [0.15, 0.2) is 18.2 Å². The molecule has 3 rings (SSSR count). The van der Waals surface area contributed by atoms with Gasteiger partial charge in [-0.1, -0.05) is 6.42 Å². The monoisotopic (exact) mass is 275 g/mol. The largest absolute Gasteiger partial charge is 0.381 e. The molecule has 0 radical (unpaired) electrons. The molecule has 1 N–H and O–H groups in total. The Labute approximate surface area is 119 Å². The highest BCUT2D eigenvalue weighted by Crippen LogP contribution is 2.30. The Morgan fingerprint density at radius 1 is 1.30 bits per heavy atom. The normalized spacial score (nSPS) is 26.2. The maximum absolute atomic E-state index is 10.8. The van der Waals surface area contributed by atoms with Gasteiger partial charge in [0, 0.05) is 35.9 Å². The number of rotatable bonds is 3. The minimum Gasteiger partial charge on any atom is -0.381 e. The molecule has 2 atom stereocenters. The summed E-state index contributed by atoms with van der Waals surface area (Å²) in [4.78, 5) is 13.1. The van der Waals surface area contributed by atoms with Crippen LogP contribution in [-0.4, -0.2) is 35.0 Å². The number of hydrogen-bond acceptors (Lipinski definition) is 4. The van der Waals surface area contributed by atoms with Crippen LogP contribution in [-0.2, 0) is 0 Å². The van der Waals surface area contributed by atoms with Gasteiger partial charge < -0.3 is 5.32 Å². The van der Waals surface area contributed by atoms with Crippen molar-refractivity contribution in [3.63, 3.8) is 0 Å². The maximum Gasteiger partial charge on any atom is 0.272 e. The number of anilines is 1. The van der Waals surface area contributed by atoms with Crippen LogP contribution in [0.1, 0.15) is 31.2 Å². The SMILES string of the molecule is Cc1cc(NC2CCN3CCCCC23)ccc1[N+](=O)[O-]. The molecular weight excluding hydrogens is 254 g/mol. The average Bonchev–Trinajstić information content (AvgIpc) is 2.82. The fourth-order valence-corrected chi connectivity index (χ4v) is 3.58. The zero-order chi connectivity index (χ0) is 14.1. The van der Waals surface area contributed by atoms with E-state index in [1.807, 2.05) is 12.1 Å². The fraction of sp³-hybridized carbons (Fsp3) is 0.600. The number of nitro groups is 1. The smallest absolute Gasteiger partial charge is 0.272 e. The van der Waals surface area contributed by atoms with E-state index in [1.54, 1.807) is 13.0 Å². The lowest BCUT2D eigenvalue weighted by molar-refractivity contribution is -0.385. The first-order chi connectivity index (χ1) is 9.65. The molecule has 0 bridgehead atoms. The summed E-state index contributed by atoms with van der Waals surface area (Å²) < 4.78 is 0. The van der Waals surface area contributed by atoms with E-state index in [0.717, 1.165) is 11.3 Å². The number of nitrogens with zero attached hydrogens (tertiary/aromatic N) is 2. The predicted molar refractivity (Wildman–Crippen MR) is 79.1 cm³/mol. The van der Waals surface area contributed by atoms with E-state index in [4.69, 9.17) is 0 Å². The highest BCUT2D eigenvalue weighted by Gasteiger charge is 2.35. The van der Waals surface area contributed by atoms with Crippen molar-refractivity contribution in [2.45, 2.75) is 44.7 Å². The molecule has 5 heteroatoms. The second kappa shape index (κ2) is 5.40. The molecule has 2 aliphatic heterocycles. The number of nitro benzene ring substituents is 1. The number of piperidine rings is 1. The van der Waals surface area contributed by atoms with E-state index in [2.05, 4.69) is 10.2 Å². The fourth-order valence-electron chi connectivity index (χ4n) is 3.58. The van der Waals surface area contributed by atoms with E-state index in [1.165, 1.54) is 38.8 Å². The van der Waals surface area contributed by atoms with Crippen molar-refractivity contribution >= 4 is 11.4 Å². The second-order valence-corrected chi connectivity index (χ2v) is 5.90. The van der Waals surface area contributed by atoms with Gasteiger partial charge >= 0.3 is 0 Å². The van der Waals surface area contributed by atoms with Crippen LogP contribution in [0, 0.1) is 17.0 Å². The highest BCUT2D eigenvalue weighted by atomic mass is 16.6. The summed E-state index contributed by atoms with van der Waals surface area (Å²) in [6.45, 7) is 4.20. The van der Waals surface area contributed by atoms with E-state index in [0.29, 0.717) is 12.1 Å². The predicted octanol–water partition coefficient (Wildman–Crippen LogP) is 2.94. The molecule has 2 aliphatic rings. The van der Waals surface area contributed by atoms with E-state index >= 15 is 0 Å². The number of benzene rings is 1. The Bertz CT molecular complexity index is 518. The number of fused-ring (bicyclic) bond motifs is 1. The van der Waals surface area contributed by atoms with Crippen LogP contribution in [0.2, 0.25) is 0 Å². The minimum atomic E-state index is -0.322. The van der Waals surface area contributed by atoms with Gasteiger partial charge in [0.1, 0.15) is 0 Å². The van der Waals surface area contributed by atoms with Crippen molar-refractivity contribution in [3.05, 3.63) is 33.9 Å². The quantitative estimate of drug-likeness (QED) is 0.680. The third-order valence-electron chi connectivity index (χ3n) is 4.60. The second-order valence-electron chi connectivity index (χ2n) is 5.90. The summed E-state index contributed by atoms with van der Waals surface area (Å²) in [5.74, 6) is 0. The Morgan fingerprint density at radius 3 is 2.90 bits per heavy atom. The lowest BCUT2D eigenvalue weighted by atomic mass is 9.98. The minimum absolute atomic E-state index is 0.196. The van der Waals surface area contributed by atoms with Crippen LogP contribution in [0.25, 0.3) is 0 Å². The highest BCUT2D eigenvalue weighted by molar-refractivity contribution is 5.54. The molecule has 0 amide bonds. The van der Waals surface area contributed by atoms with Crippen molar-refractivity contribution in [2.24, 2.45) is 0 Å². The Balaban J connectivity index is 1.72. The molecule has 1 aromatic rings. The molecule has 0 saturated carbocycles. The van der Waals surface area contributed by atoms with Crippen LogP contribution in [0.5, 0.6) is 0 Å². The Kier molecular flexibility index (Phi) is 3.61. The zero-order valence-electron chi connectivity index (χ0n) is 11.8. The van der Waals surface area contributed by atoms with Crippen LogP contribution < -0.4 is 5.32 Å². The molecule has 1 aromatic carbocycles. The summed E-state index contributed by atoms with van der Waals surface area (Å²) in [6, 6.07) is 6.45. The van der Waals surface area contributed by atoms with Crippen molar-refractivity contribution in [2.75, 3.05) is 18.4 Å². The molecule has 2 saturated heterocycles. The first-order valence-corrected chi connectivity index (χ1v) is 7.41. The maximum atomic E-state index is 10.8. The number of hydrogen-bond donors (Lipinski definition) is 1. The molecule has 2 unspecified atom stereocenters. The molecule has 0 aliphatic carbocycles. The van der Waals surface area contributed by atoms with Gasteiger partial charge in [0.05, 0.1) is 4.92 Å². The lowest BCUT2D eigenvalue weighted by Crippen LogP contribution is -2.41. The van der Waals surface area contributed by atoms with Gasteiger partial charge in [-0.3, -0.25) is 15.0 Å². The lowest BCUT2D eigenvalue weighted by Gasteiger charge is -2.33. The molecule has 108 valence electrons. The summed E-state index contributed by atoms with van der Waals surface area (Å²) in [7, 11) is 0. The van der Waals surface area contributed by atoms with Gasteiger partial charge in [0.15, 0.2) is 0 Å². The van der Waals surface area contributed by atoms with Crippen LogP contribution >= 0.6 is 0 Å². The molecule has 0 aromatic heterocycles. The molecule has 20 heavy (non-hydrogen) atoms. The molecule has 5 nitrogen and oxygen atoms in total. The van der Waals surface area contributed by atoms with Gasteiger partial charge in [-0.05, 0) is 44.9 Å². The Morgan fingerprint density at radius 2 is 2.15 bits per heavy atom. The van der Waals surface area contributed by atoms with E-state index in [9.17, 15) is 10.1 Å².